The summed E-state index contributed by atoms with van der Waals surface area (Å²) < 4.78 is 4.89. The molecule has 1 amide bonds. The Bertz CT molecular complexity index is 642. The predicted octanol–water partition coefficient (Wildman–Crippen LogP) is -2.60. The topological polar surface area (TPSA) is 29.1 Å². The normalized spacial score (nSPS) is 16.2. The molecule has 2 rings (SSSR count). The molecular weight excluding hydrogens is 393 g/mol. The number of carbonyl (C=O) groups is 1. The Morgan fingerprint density at radius 1 is 1.00 bits per heavy atom. The van der Waals surface area contributed by atoms with Crippen LogP contribution < -0.4 is 28.6 Å². The summed E-state index contributed by atoms with van der Waals surface area (Å²) >= 11 is -2.56. The van der Waals surface area contributed by atoms with Gasteiger partial charge in [0.2, 0.25) is 0 Å². The van der Waals surface area contributed by atoms with E-state index < -0.39 is 16.8 Å². The third-order valence-corrected chi connectivity index (χ3v) is 9.47. The number of carbonyl (C=O) groups excluding carboxylic acids is 1. The van der Waals surface area contributed by atoms with Crippen molar-refractivity contribution in [1.82, 2.24) is 3.80 Å². The fourth-order valence-corrected chi connectivity index (χ4v) is 8.49. The van der Waals surface area contributed by atoms with Gasteiger partial charge < -0.3 is 24.8 Å². The van der Waals surface area contributed by atoms with Crippen LogP contribution in [0.25, 0.3) is 0 Å². The Morgan fingerprint density at radius 2 is 1.50 bits per heavy atom. The van der Waals surface area contributed by atoms with Gasteiger partial charge in [0, 0.05) is 0 Å². The summed E-state index contributed by atoms with van der Waals surface area (Å²) in [5, 5.41) is 4.56. The van der Waals surface area contributed by atoms with Gasteiger partial charge in [0.15, 0.2) is 0 Å². The zero-order valence-electron chi connectivity index (χ0n) is 14.6. The van der Waals surface area contributed by atoms with E-state index in [9.17, 15) is 4.79 Å². The molecule has 0 saturated carbocycles. The molecule has 1 aliphatic carbocycles. The zero-order valence-corrected chi connectivity index (χ0v) is 17.7. The van der Waals surface area contributed by atoms with Crippen LogP contribution in [0.2, 0.25) is 10.5 Å². The largest absolute Gasteiger partial charge is 1.00 e. The van der Waals surface area contributed by atoms with Gasteiger partial charge in [-0.15, -0.1) is 0 Å². The first-order valence-electron chi connectivity index (χ1n) is 7.52. The smallest absolute Gasteiger partial charge is 0.0149 e. The molecule has 1 unspecified atom stereocenters. The van der Waals surface area contributed by atoms with Crippen molar-refractivity contribution >= 4 is 16.9 Å². The summed E-state index contributed by atoms with van der Waals surface area (Å²) in [6.45, 7) is 8.89. The van der Waals surface area contributed by atoms with Gasteiger partial charge in [-0.2, -0.15) is 0 Å². The van der Waals surface area contributed by atoms with Gasteiger partial charge in [0.25, 0.3) is 0 Å². The van der Waals surface area contributed by atoms with Gasteiger partial charge in [-0.1, -0.05) is 0 Å². The molecule has 0 saturated heterocycles. The SMILES string of the molecule is CC1=C(C)C(C)[C]([Ti+2]([CH3])([CH3])[NH]C(=O)c2ccccc2)=C1C.[Cl-].[Cl-].[SiH4]. The predicted molar refractivity (Wildman–Crippen MR) is 97.2 cm³/mol. The standard InChI is InChI=1S/C9H13.C7H7NO.2CH3.2ClH.H4Si.Ti/c1-6-5-7(2)9(4)8(6)3;8-7(9)6-4-2-1-3-5-6;;;;;;/h6H,1-4H3;1-5H,(H2,8,9);2*1H3;2*1H;1H4;/q;;;;;;;+3/p-3. The fourth-order valence-electron chi connectivity index (χ4n) is 3.39. The summed E-state index contributed by atoms with van der Waals surface area (Å²) in [6, 6.07) is 9.51. The van der Waals surface area contributed by atoms with E-state index in [-0.39, 0.29) is 41.7 Å². The Kier molecular flexibility index (Phi) is 10.8. The molecule has 1 N–H and O–H groups in total. The maximum Gasteiger partial charge on any atom is -0.0149 e. The number of nitrogens with one attached hydrogen (secondary N) is 1. The molecular formula is C18H29Cl2NOSiTi. The van der Waals surface area contributed by atoms with E-state index in [0.29, 0.717) is 5.92 Å². The molecule has 1 aromatic rings. The first-order valence-corrected chi connectivity index (χ1v) is 12.2. The Hall–Kier alpha value is -0.319. The van der Waals surface area contributed by atoms with E-state index in [1.54, 1.807) is 0 Å². The second-order valence-electron chi connectivity index (χ2n) is 6.51. The zero-order chi connectivity index (χ0) is 15.8. The number of hydrogen-bond donors (Lipinski definition) is 1. The fraction of sp³-hybridized carbons (Fsp3) is 0.389. The summed E-state index contributed by atoms with van der Waals surface area (Å²) in [6.07, 6.45) is 0. The van der Waals surface area contributed by atoms with Gasteiger partial charge in [0.1, 0.15) is 0 Å². The molecule has 6 heteroatoms. The molecule has 0 aliphatic heterocycles. The van der Waals surface area contributed by atoms with E-state index in [1.165, 1.54) is 20.6 Å². The van der Waals surface area contributed by atoms with Gasteiger partial charge in [-0.25, -0.2) is 0 Å². The third-order valence-electron chi connectivity index (χ3n) is 4.78. The Balaban J connectivity index is 0. The van der Waals surface area contributed by atoms with Crippen LogP contribution in [0.15, 0.2) is 50.9 Å². The van der Waals surface area contributed by atoms with E-state index in [0.717, 1.165) is 5.56 Å². The van der Waals surface area contributed by atoms with E-state index in [1.807, 2.05) is 30.3 Å². The monoisotopic (exact) mass is 421 g/mol. The second kappa shape index (κ2) is 9.98. The first kappa shape index (κ1) is 25.9. The summed E-state index contributed by atoms with van der Waals surface area (Å²) in [5.41, 5.74) is 5.01. The molecule has 1 aliphatic rings. The van der Waals surface area contributed by atoms with Crippen molar-refractivity contribution in [3.8, 4) is 0 Å². The van der Waals surface area contributed by atoms with Gasteiger partial charge in [-0.05, 0) is 11.0 Å². The van der Waals surface area contributed by atoms with Crippen molar-refractivity contribution in [1.29, 1.82) is 0 Å². The summed E-state index contributed by atoms with van der Waals surface area (Å²) in [5.74, 6) is 0.534. The molecule has 0 aromatic heterocycles. The molecule has 2 nitrogen and oxygen atoms in total. The molecule has 1 atom stereocenters. The molecule has 0 radical (unpaired) electrons. The van der Waals surface area contributed by atoms with Crippen LogP contribution in [-0.4, -0.2) is 16.9 Å². The van der Waals surface area contributed by atoms with Crippen molar-refractivity contribution < 1.29 is 46.5 Å². The molecule has 0 bridgehead atoms. The number of allylic oxidation sites excluding steroid dienone is 4. The van der Waals surface area contributed by atoms with Gasteiger partial charge in [0.05, 0.1) is 0 Å². The average Bonchev–Trinajstić information content (AvgIpc) is 2.63. The van der Waals surface area contributed by atoms with Crippen molar-refractivity contribution in [3.05, 3.63) is 56.5 Å². The van der Waals surface area contributed by atoms with Crippen LogP contribution in [-0.2, 0) is 16.8 Å². The first-order chi connectivity index (χ1) is 9.75. The molecule has 0 fully saturated rings. The number of benzene rings is 1. The number of amides is 1. The summed E-state index contributed by atoms with van der Waals surface area (Å²) in [7, 11) is 0. The minimum atomic E-state index is -2.56. The van der Waals surface area contributed by atoms with Crippen LogP contribution in [0, 0.1) is 5.92 Å². The molecule has 0 spiro atoms. The number of hydrogen-bond acceptors (Lipinski definition) is 1. The minimum absolute atomic E-state index is 0. The van der Waals surface area contributed by atoms with Crippen molar-refractivity contribution in [2.45, 2.75) is 38.2 Å². The van der Waals surface area contributed by atoms with Crippen LogP contribution in [0.4, 0.5) is 0 Å². The number of halogens is 2. The van der Waals surface area contributed by atoms with E-state index in [4.69, 9.17) is 0 Å². The van der Waals surface area contributed by atoms with Crippen molar-refractivity contribution in [2.24, 2.45) is 5.92 Å². The molecule has 1 aromatic carbocycles. The van der Waals surface area contributed by atoms with Crippen LogP contribution >= 0.6 is 0 Å². The molecule has 134 valence electrons. The van der Waals surface area contributed by atoms with Gasteiger partial charge >= 0.3 is 132 Å². The van der Waals surface area contributed by atoms with Crippen LogP contribution in [0.5, 0.6) is 0 Å². The van der Waals surface area contributed by atoms with E-state index in [2.05, 4.69) is 42.0 Å². The molecule has 24 heavy (non-hydrogen) atoms. The molecule has 0 heterocycles. The number of rotatable bonds is 3. The van der Waals surface area contributed by atoms with Gasteiger partial charge in [-0.3, -0.25) is 0 Å². The Morgan fingerprint density at radius 3 is 1.92 bits per heavy atom. The average molecular weight is 422 g/mol. The Labute approximate surface area is 167 Å². The third kappa shape index (κ3) is 5.09. The van der Waals surface area contributed by atoms with Crippen LogP contribution in [0.3, 0.4) is 0 Å². The summed E-state index contributed by atoms with van der Waals surface area (Å²) in [4.78, 5) is 12.5. The second-order valence-corrected chi connectivity index (χ2v) is 12.8. The van der Waals surface area contributed by atoms with Crippen molar-refractivity contribution in [2.75, 3.05) is 0 Å². The van der Waals surface area contributed by atoms with Crippen molar-refractivity contribution in [3.63, 3.8) is 0 Å². The minimum Gasteiger partial charge on any atom is -1.00 e. The quantitative estimate of drug-likeness (QED) is 0.532. The van der Waals surface area contributed by atoms with Crippen LogP contribution in [0.1, 0.15) is 38.1 Å². The maximum atomic E-state index is 12.5. The maximum absolute atomic E-state index is 12.5. The van der Waals surface area contributed by atoms with E-state index >= 15 is 0 Å².